The van der Waals surface area contributed by atoms with Gasteiger partial charge in [-0.25, -0.2) is 0 Å². The van der Waals surface area contributed by atoms with E-state index in [1.165, 1.54) is 89.4 Å². The van der Waals surface area contributed by atoms with Crippen LogP contribution in [-0.2, 0) is 34.2 Å². The fraction of sp³-hybridized carbons (Fsp3) is 0.250. The van der Waals surface area contributed by atoms with E-state index in [9.17, 15) is 0 Å². The van der Waals surface area contributed by atoms with Crippen molar-refractivity contribution in [1.82, 2.24) is 0 Å². The van der Waals surface area contributed by atoms with Crippen molar-refractivity contribution in [2.24, 2.45) is 0 Å². The molecule has 0 unspecified atom stereocenters. The number of benzene rings is 4. The standard InChI is InChI=1S/2C20H21.2ClH.Si.Zr/c2*1-14-12-16-6-5-7-18(19(16)13-14)15-8-10-17(11-9-15)20(2,3)4;;;;/h2*5-13H,1-4H3;2*1H;;/q2*-1;;;;+2/p-2. The van der Waals surface area contributed by atoms with Crippen LogP contribution in [0.3, 0.4) is 0 Å². The predicted octanol–water partition coefficient (Wildman–Crippen LogP) is 5.29. The molecule has 0 nitrogen and oxygen atoms in total. The molecule has 0 bridgehead atoms. The van der Waals surface area contributed by atoms with Crippen LogP contribution in [0.1, 0.15) is 63.8 Å². The zero-order chi connectivity index (χ0) is 30.7. The van der Waals surface area contributed by atoms with Gasteiger partial charge < -0.3 is 24.8 Å². The number of hydrogen-bond donors (Lipinski definition) is 0. The zero-order valence-electron chi connectivity index (χ0n) is 27.1. The van der Waals surface area contributed by atoms with Crippen molar-refractivity contribution in [1.29, 1.82) is 0 Å². The maximum atomic E-state index is 3.06. The summed E-state index contributed by atoms with van der Waals surface area (Å²) in [4.78, 5) is 0. The Morgan fingerprint density at radius 3 is 1.11 bits per heavy atom. The first-order valence-corrected chi connectivity index (χ1v) is 18.9. The molecule has 44 heavy (non-hydrogen) atoms. The second-order valence-corrected chi connectivity index (χ2v) is 13.3. The molecule has 0 atom stereocenters. The molecule has 0 heterocycles. The molecule has 6 aromatic rings. The maximum absolute atomic E-state index is 3.06. The third kappa shape index (κ3) is 8.95. The molecule has 0 N–H and O–H groups in total. The van der Waals surface area contributed by atoms with Gasteiger partial charge in [0, 0.05) is 0 Å². The van der Waals surface area contributed by atoms with Gasteiger partial charge in [-0.2, -0.15) is 12.1 Å². The van der Waals surface area contributed by atoms with Crippen LogP contribution >= 0.6 is 0 Å². The topological polar surface area (TPSA) is 0 Å². The molecule has 0 saturated heterocycles. The molecule has 6 aromatic carbocycles. The summed E-state index contributed by atoms with van der Waals surface area (Å²) in [6, 6.07) is 40.2. The van der Waals surface area contributed by atoms with Gasteiger partial charge in [0.05, 0.1) is 0 Å². The normalized spacial score (nSPS) is 11.0. The van der Waals surface area contributed by atoms with E-state index < -0.39 is 0 Å². The van der Waals surface area contributed by atoms with Crippen molar-refractivity contribution in [3.63, 3.8) is 0 Å². The summed E-state index contributed by atoms with van der Waals surface area (Å²) in [5.41, 5.74) is 11.1. The Morgan fingerprint density at radius 1 is 0.500 bits per heavy atom. The van der Waals surface area contributed by atoms with Crippen molar-refractivity contribution in [2.45, 2.75) is 66.2 Å². The molecule has 226 valence electrons. The summed E-state index contributed by atoms with van der Waals surface area (Å²) in [5.74, 6) is 0. The molecule has 0 aromatic heterocycles. The van der Waals surface area contributed by atoms with Crippen LogP contribution in [0.4, 0.5) is 0 Å². The van der Waals surface area contributed by atoms with Crippen molar-refractivity contribution in [3.8, 4) is 22.3 Å². The summed E-state index contributed by atoms with van der Waals surface area (Å²) in [7, 11) is 0. The van der Waals surface area contributed by atoms with E-state index in [2.05, 4.69) is 171 Å². The zero-order valence-corrected chi connectivity index (χ0v) is 32.1. The van der Waals surface area contributed by atoms with Crippen LogP contribution in [-0.4, -0.2) is 6.88 Å². The number of fused-ring (bicyclic) bond motifs is 2. The van der Waals surface area contributed by atoms with E-state index in [1.807, 2.05) is 0 Å². The van der Waals surface area contributed by atoms with E-state index in [0.717, 1.165) is 0 Å². The third-order valence-electron chi connectivity index (χ3n) is 7.91. The SMILES string of the molecule is Cc1cc2c(-c3ccc(C(C)(C)C)cc3)cccc2[cH-]1.Cc1cc2c(-c3ccc(C(C)(C)C)cc3)cccc2[cH-]1.[Cl-].[Cl-].[Si]=[Zr+2]. The molecule has 0 aliphatic carbocycles. The second kappa shape index (κ2) is 15.9. The molecule has 0 aliphatic rings. The fourth-order valence-corrected chi connectivity index (χ4v) is 5.57. The van der Waals surface area contributed by atoms with Gasteiger partial charge in [-0.05, 0) is 33.1 Å². The second-order valence-electron chi connectivity index (χ2n) is 13.3. The van der Waals surface area contributed by atoms with Crippen LogP contribution in [0.2, 0.25) is 0 Å². The number of halogens is 2. The molecular formula is C40H42Cl2SiZr-2. The number of hydrogen-bond acceptors (Lipinski definition) is 0. The molecule has 6 rings (SSSR count). The van der Waals surface area contributed by atoms with Crippen molar-refractivity contribution in [3.05, 3.63) is 131 Å². The molecule has 0 spiro atoms. The first-order chi connectivity index (χ1) is 19.9. The van der Waals surface area contributed by atoms with Crippen LogP contribution < -0.4 is 24.8 Å². The minimum atomic E-state index is 0. The predicted molar refractivity (Wildman–Crippen MR) is 183 cm³/mol. The summed E-state index contributed by atoms with van der Waals surface area (Å²) < 4.78 is 0. The Kier molecular flexibility index (Phi) is 13.7. The Hall–Kier alpha value is -2.22. The van der Waals surface area contributed by atoms with E-state index in [0.29, 0.717) is 0 Å². The van der Waals surface area contributed by atoms with E-state index in [4.69, 9.17) is 0 Å². The van der Waals surface area contributed by atoms with Crippen molar-refractivity contribution in [2.75, 3.05) is 0 Å². The van der Waals surface area contributed by atoms with Crippen LogP contribution in [0.25, 0.3) is 43.8 Å². The van der Waals surface area contributed by atoms with Gasteiger partial charge in [0.2, 0.25) is 0 Å². The van der Waals surface area contributed by atoms with E-state index in [1.54, 1.807) is 0 Å². The molecule has 0 fully saturated rings. The van der Waals surface area contributed by atoms with Gasteiger partial charge in [0.1, 0.15) is 0 Å². The van der Waals surface area contributed by atoms with E-state index >= 15 is 0 Å². The van der Waals surface area contributed by atoms with Gasteiger partial charge >= 0.3 is 30.2 Å². The monoisotopic (exact) mass is 710 g/mol. The third-order valence-corrected chi connectivity index (χ3v) is 7.91. The average Bonchev–Trinajstić information content (AvgIpc) is 3.54. The molecule has 4 heteroatoms. The first-order valence-electron chi connectivity index (χ1n) is 14.7. The van der Waals surface area contributed by atoms with Gasteiger partial charge in [0.15, 0.2) is 0 Å². The molecule has 2 radical (unpaired) electrons. The Morgan fingerprint density at radius 2 is 0.818 bits per heavy atom. The van der Waals surface area contributed by atoms with Gasteiger partial charge in [0.25, 0.3) is 0 Å². The van der Waals surface area contributed by atoms with Crippen molar-refractivity contribution >= 4 is 28.4 Å². The van der Waals surface area contributed by atoms with Gasteiger partial charge in [-0.1, -0.05) is 127 Å². The Labute approximate surface area is 294 Å². The minimum absolute atomic E-state index is 0. The molecule has 0 saturated carbocycles. The summed E-state index contributed by atoms with van der Waals surface area (Å²) >= 11 is 1.36. The Bertz CT molecular complexity index is 1640. The van der Waals surface area contributed by atoms with Crippen molar-refractivity contribution < 1.29 is 48.1 Å². The van der Waals surface area contributed by atoms with E-state index in [-0.39, 0.29) is 35.6 Å². The average molecular weight is 713 g/mol. The Balaban J connectivity index is 0.000000279. The summed E-state index contributed by atoms with van der Waals surface area (Å²) in [6.07, 6.45) is 0. The molecule has 0 amide bonds. The van der Waals surface area contributed by atoms with Gasteiger partial charge in [-0.3, -0.25) is 0 Å². The first kappa shape index (κ1) is 38.0. The van der Waals surface area contributed by atoms with Crippen LogP contribution in [0, 0.1) is 13.8 Å². The molecular weight excluding hydrogens is 671 g/mol. The quantitative estimate of drug-likeness (QED) is 0.169. The van der Waals surface area contributed by atoms with Gasteiger partial charge in [-0.15, -0.1) is 69.1 Å². The summed E-state index contributed by atoms with van der Waals surface area (Å²) in [5, 5.41) is 5.38. The number of aryl methyl sites for hydroxylation is 2. The summed E-state index contributed by atoms with van der Waals surface area (Å²) in [6.45, 7) is 20.9. The van der Waals surface area contributed by atoms with Crippen LogP contribution in [0.5, 0.6) is 0 Å². The fourth-order valence-electron chi connectivity index (χ4n) is 5.57. The molecule has 0 aliphatic heterocycles. The van der Waals surface area contributed by atoms with Crippen LogP contribution in [0.15, 0.2) is 109 Å². The number of rotatable bonds is 2.